The molecule has 0 saturated carbocycles. The number of benzene rings is 2. The summed E-state index contributed by atoms with van der Waals surface area (Å²) < 4.78 is 5.93. The largest absolute Gasteiger partial charge is 0.491 e. The SMILES string of the molecule is C[N+]1(c2ccccc2)N=C(CO)N=C1NCC(O)COc1cccc(CN2CCCCC2)c1. The zero-order valence-electron chi connectivity index (χ0n) is 19.2. The van der Waals surface area contributed by atoms with Gasteiger partial charge in [-0.3, -0.25) is 4.90 Å². The smallest absolute Gasteiger partial charge is 0.336 e. The van der Waals surface area contributed by atoms with Crippen LogP contribution in [0.2, 0.25) is 0 Å². The molecule has 176 valence electrons. The van der Waals surface area contributed by atoms with E-state index in [0.717, 1.165) is 31.1 Å². The fourth-order valence-corrected chi connectivity index (χ4v) is 4.25. The first-order valence-electron chi connectivity index (χ1n) is 11.6. The van der Waals surface area contributed by atoms with E-state index < -0.39 is 6.10 Å². The molecule has 2 aromatic carbocycles. The highest BCUT2D eigenvalue weighted by molar-refractivity contribution is 6.06. The summed E-state index contributed by atoms with van der Waals surface area (Å²) in [6.45, 7) is 3.41. The van der Waals surface area contributed by atoms with E-state index in [0.29, 0.717) is 11.8 Å². The van der Waals surface area contributed by atoms with E-state index in [4.69, 9.17) is 4.74 Å². The molecule has 33 heavy (non-hydrogen) atoms. The Hall–Kier alpha value is -2.78. The molecule has 8 heteroatoms. The molecule has 2 unspecified atom stereocenters. The van der Waals surface area contributed by atoms with Crippen LogP contribution >= 0.6 is 0 Å². The van der Waals surface area contributed by atoms with E-state index in [-0.39, 0.29) is 24.4 Å². The van der Waals surface area contributed by atoms with Gasteiger partial charge in [0.1, 0.15) is 32.1 Å². The van der Waals surface area contributed by atoms with Crippen molar-refractivity contribution in [3.05, 3.63) is 60.2 Å². The molecule has 3 N–H and O–H groups in total. The number of hydrogen-bond acceptors (Lipinski definition) is 7. The quantitative estimate of drug-likeness (QED) is 0.508. The number of hydrogen-bond donors (Lipinski definition) is 3. The molecule has 2 aliphatic heterocycles. The molecular weight excluding hydrogens is 418 g/mol. The maximum atomic E-state index is 10.5. The van der Waals surface area contributed by atoms with E-state index in [2.05, 4.69) is 32.4 Å². The van der Waals surface area contributed by atoms with Gasteiger partial charge in [0.05, 0.1) is 6.54 Å². The van der Waals surface area contributed by atoms with Crippen LogP contribution in [0.1, 0.15) is 24.8 Å². The molecule has 2 aromatic rings. The first kappa shape index (κ1) is 23.4. The minimum atomic E-state index is -0.735. The summed E-state index contributed by atoms with van der Waals surface area (Å²) in [6, 6.07) is 17.8. The fourth-order valence-electron chi connectivity index (χ4n) is 4.25. The third-order valence-electron chi connectivity index (χ3n) is 6.05. The fraction of sp³-hybridized carbons (Fsp3) is 0.440. The van der Waals surface area contributed by atoms with Gasteiger partial charge >= 0.3 is 5.96 Å². The number of ether oxygens (including phenoxy) is 1. The third kappa shape index (κ3) is 5.97. The van der Waals surface area contributed by atoms with Gasteiger partial charge in [-0.2, -0.15) is 4.99 Å². The number of amidine groups is 1. The normalized spacial score (nSPS) is 21.9. The summed E-state index contributed by atoms with van der Waals surface area (Å²) in [5, 5.41) is 27.8. The Kier molecular flexibility index (Phi) is 7.72. The van der Waals surface area contributed by atoms with Crippen molar-refractivity contribution in [2.75, 3.05) is 39.9 Å². The van der Waals surface area contributed by atoms with Crippen LogP contribution in [-0.2, 0) is 6.54 Å². The topological polar surface area (TPSA) is 89.7 Å². The summed E-state index contributed by atoms with van der Waals surface area (Å²) >= 11 is 0. The van der Waals surface area contributed by atoms with Gasteiger partial charge in [0, 0.05) is 18.7 Å². The number of guanidine groups is 1. The van der Waals surface area contributed by atoms with Crippen molar-refractivity contribution >= 4 is 17.5 Å². The molecule has 2 heterocycles. The van der Waals surface area contributed by atoms with Crippen molar-refractivity contribution in [3.63, 3.8) is 0 Å². The van der Waals surface area contributed by atoms with E-state index >= 15 is 0 Å². The summed E-state index contributed by atoms with van der Waals surface area (Å²) in [5.74, 6) is 1.66. The van der Waals surface area contributed by atoms with Gasteiger partial charge in [-0.05, 0) is 43.6 Å². The lowest BCUT2D eigenvalue weighted by molar-refractivity contribution is 0.110. The second-order valence-electron chi connectivity index (χ2n) is 8.73. The Balaban J connectivity index is 1.30. The predicted molar refractivity (Wildman–Crippen MR) is 131 cm³/mol. The van der Waals surface area contributed by atoms with Crippen molar-refractivity contribution in [1.29, 1.82) is 0 Å². The maximum absolute atomic E-state index is 10.5. The van der Waals surface area contributed by atoms with Gasteiger partial charge in [-0.25, -0.2) is 0 Å². The van der Waals surface area contributed by atoms with Gasteiger partial charge in [-0.1, -0.05) is 41.9 Å². The second kappa shape index (κ2) is 10.9. The predicted octanol–water partition coefficient (Wildman–Crippen LogP) is 2.31. The lowest BCUT2D eigenvalue weighted by Crippen LogP contribution is -2.52. The van der Waals surface area contributed by atoms with Gasteiger partial charge in [0.15, 0.2) is 5.69 Å². The van der Waals surface area contributed by atoms with Gasteiger partial charge in [0.25, 0.3) is 0 Å². The highest BCUT2D eigenvalue weighted by Crippen LogP contribution is 2.25. The molecular formula is C25H34N5O3+. The van der Waals surface area contributed by atoms with Crippen molar-refractivity contribution in [1.82, 2.24) is 14.8 Å². The molecule has 0 bridgehead atoms. The number of likely N-dealkylation sites (tertiary alicyclic amines) is 1. The van der Waals surface area contributed by atoms with E-state index in [1.807, 2.05) is 49.5 Å². The van der Waals surface area contributed by atoms with Gasteiger partial charge in [0.2, 0.25) is 5.84 Å². The van der Waals surface area contributed by atoms with Crippen molar-refractivity contribution in [3.8, 4) is 5.75 Å². The zero-order chi connectivity index (χ0) is 23.1. The average Bonchev–Trinajstić information content (AvgIpc) is 3.19. The van der Waals surface area contributed by atoms with Crippen molar-refractivity contribution < 1.29 is 14.9 Å². The third-order valence-corrected chi connectivity index (χ3v) is 6.05. The molecule has 0 aliphatic carbocycles. The maximum Gasteiger partial charge on any atom is 0.336 e. The zero-order valence-corrected chi connectivity index (χ0v) is 19.2. The van der Waals surface area contributed by atoms with E-state index in [9.17, 15) is 10.2 Å². The molecule has 4 rings (SSSR count). The Bertz CT molecular complexity index is 975. The van der Waals surface area contributed by atoms with Gasteiger partial charge in [-0.15, -0.1) is 4.59 Å². The number of nitrogens with zero attached hydrogens (tertiary/aromatic N) is 4. The number of aliphatic hydroxyl groups is 2. The van der Waals surface area contributed by atoms with Gasteiger partial charge < -0.3 is 20.3 Å². The Morgan fingerprint density at radius 3 is 2.64 bits per heavy atom. The van der Waals surface area contributed by atoms with Crippen LogP contribution < -0.4 is 14.6 Å². The summed E-state index contributed by atoms with van der Waals surface area (Å²) in [6.07, 6.45) is 3.14. The van der Waals surface area contributed by atoms with Crippen LogP contribution in [0, 0.1) is 0 Å². The van der Waals surface area contributed by atoms with Crippen molar-refractivity contribution in [2.24, 2.45) is 10.1 Å². The lowest BCUT2D eigenvalue weighted by Gasteiger charge is -2.26. The summed E-state index contributed by atoms with van der Waals surface area (Å²) in [5.41, 5.74) is 2.13. The van der Waals surface area contributed by atoms with Crippen LogP contribution in [-0.4, -0.2) is 72.9 Å². The summed E-state index contributed by atoms with van der Waals surface area (Å²) in [7, 11) is 1.89. The van der Waals surface area contributed by atoms with Crippen molar-refractivity contribution in [2.45, 2.75) is 31.9 Å². The lowest BCUT2D eigenvalue weighted by atomic mass is 10.1. The van der Waals surface area contributed by atoms with E-state index in [1.165, 1.54) is 24.8 Å². The number of rotatable bonds is 9. The molecule has 8 nitrogen and oxygen atoms in total. The molecule has 0 spiro atoms. The number of piperidine rings is 1. The number of aliphatic hydroxyl groups excluding tert-OH is 2. The minimum absolute atomic E-state index is 0.0584. The first-order valence-corrected chi connectivity index (χ1v) is 11.6. The molecule has 2 aliphatic rings. The molecule has 1 saturated heterocycles. The Morgan fingerprint density at radius 2 is 1.88 bits per heavy atom. The van der Waals surface area contributed by atoms with Crippen LogP contribution in [0.5, 0.6) is 5.75 Å². The van der Waals surface area contributed by atoms with Crippen LogP contribution in [0.3, 0.4) is 0 Å². The highest BCUT2D eigenvalue weighted by Gasteiger charge is 2.39. The molecule has 0 amide bonds. The molecule has 1 fully saturated rings. The number of para-hydroxylation sites is 1. The number of quaternary nitrogens is 1. The van der Waals surface area contributed by atoms with Crippen LogP contribution in [0.4, 0.5) is 5.69 Å². The average molecular weight is 453 g/mol. The Morgan fingerprint density at radius 1 is 1.09 bits per heavy atom. The second-order valence-corrected chi connectivity index (χ2v) is 8.73. The summed E-state index contributed by atoms with van der Waals surface area (Å²) in [4.78, 5) is 6.90. The Labute approximate surface area is 195 Å². The molecule has 2 atom stereocenters. The minimum Gasteiger partial charge on any atom is -0.491 e. The number of aliphatic imine (C=N–C) groups is 1. The molecule has 0 aromatic heterocycles. The molecule has 0 radical (unpaired) electrons. The van der Waals surface area contributed by atoms with Crippen LogP contribution in [0.25, 0.3) is 0 Å². The number of nitrogens with one attached hydrogen (secondary N) is 1. The highest BCUT2D eigenvalue weighted by atomic mass is 16.5. The monoisotopic (exact) mass is 452 g/mol. The van der Waals surface area contributed by atoms with Crippen LogP contribution in [0.15, 0.2) is 64.7 Å². The standard InChI is InChI=1S/C25H34N5O3/c1-30(21-10-4-2-5-11-21)25(27-24(18-31)28-30)26-16-22(32)19-33-23-12-8-9-20(15-23)17-29-13-6-3-7-14-29/h2,4-5,8-12,15,22,31-32H,3,6-7,13-14,16-19H2,1H3,(H,26,27,28)/q+1. The van der Waals surface area contributed by atoms with E-state index in [1.54, 1.807) is 0 Å². The first-order chi connectivity index (χ1) is 16.1.